The van der Waals surface area contributed by atoms with Crippen LogP contribution in [0.1, 0.15) is 6.42 Å². The molecule has 2 aliphatic carbocycles. The van der Waals surface area contributed by atoms with Crippen molar-refractivity contribution in [2.24, 2.45) is 23.7 Å². The van der Waals surface area contributed by atoms with Gasteiger partial charge in [0.1, 0.15) is 0 Å². The summed E-state index contributed by atoms with van der Waals surface area (Å²) in [4.78, 5) is 27.5. The number of anilines is 1. The third kappa shape index (κ3) is 1.96. The maximum Gasteiger partial charge on any atom is 0.238 e. The van der Waals surface area contributed by atoms with E-state index < -0.39 is 0 Å². The first-order valence-electron chi connectivity index (χ1n) is 7.03. The molecule has 2 bridgehead atoms. The molecule has 0 aromatic heterocycles. The average molecular weight is 512 g/mol. The fourth-order valence-electron chi connectivity index (χ4n) is 4.23. The first-order valence-corrected chi connectivity index (χ1v) is 10.0. The van der Waals surface area contributed by atoms with E-state index in [9.17, 15) is 9.59 Å². The summed E-state index contributed by atoms with van der Waals surface area (Å²) in [7, 11) is 0. The second-order valence-electron chi connectivity index (χ2n) is 6.11. The molecular formula is C15H11Br3ClNO2. The van der Waals surface area contributed by atoms with Crippen LogP contribution >= 0.6 is 59.4 Å². The Hall–Kier alpha value is 0.0900. The minimum absolute atomic E-state index is 0.0789. The Balaban J connectivity index is 1.74. The lowest BCUT2D eigenvalue weighted by Crippen LogP contribution is -2.37. The van der Waals surface area contributed by atoms with Crippen LogP contribution < -0.4 is 4.90 Å². The largest absolute Gasteiger partial charge is 0.274 e. The maximum absolute atomic E-state index is 12.9. The second kappa shape index (κ2) is 5.30. The zero-order chi connectivity index (χ0) is 15.8. The topological polar surface area (TPSA) is 37.4 Å². The molecule has 1 aromatic rings. The predicted octanol–water partition coefficient (Wildman–Crippen LogP) is 4.38. The number of hydrogen-bond acceptors (Lipinski definition) is 2. The molecule has 116 valence electrons. The highest BCUT2D eigenvalue weighted by Crippen LogP contribution is 2.60. The van der Waals surface area contributed by atoms with Crippen molar-refractivity contribution in [3.8, 4) is 0 Å². The van der Waals surface area contributed by atoms with Crippen LogP contribution in [0.2, 0.25) is 5.02 Å². The van der Waals surface area contributed by atoms with Crippen molar-refractivity contribution >= 4 is 76.9 Å². The fraction of sp³-hybridized carbons (Fsp3) is 0.467. The first kappa shape index (κ1) is 15.6. The monoisotopic (exact) mass is 509 g/mol. The van der Waals surface area contributed by atoms with E-state index in [4.69, 9.17) is 11.6 Å². The van der Waals surface area contributed by atoms with Crippen molar-refractivity contribution < 1.29 is 9.59 Å². The normalized spacial score (nSPS) is 39.7. The summed E-state index contributed by atoms with van der Waals surface area (Å²) < 4.78 is 0.748. The van der Waals surface area contributed by atoms with Gasteiger partial charge in [0.05, 0.1) is 22.5 Å². The number of rotatable bonds is 1. The maximum atomic E-state index is 12.9. The summed E-state index contributed by atoms with van der Waals surface area (Å²) in [6.07, 6.45) is 0.938. The number of carbonyl (C=O) groups excluding carboxylic acids is 2. The summed E-state index contributed by atoms with van der Waals surface area (Å²) >= 11 is 16.8. The van der Waals surface area contributed by atoms with Crippen LogP contribution in [-0.4, -0.2) is 21.5 Å². The lowest BCUT2D eigenvalue weighted by Gasteiger charge is -2.28. The molecule has 0 spiro atoms. The standard InChI is InChI=1S/C15H11Br3ClNO2/c16-8-2-1-5(3-9(8)19)20-14(21)10-6-4-7(11(10)15(20)22)13(18)12(6)17/h1-3,6-7,10-13H,4H2/t6-,7+,10-,11-,12-,13+/m0/s1. The number of nitrogens with zero attached hydrogens (tertiary/aromatic N) is 1. The van der Waals surface area contributed by atoms with Gasteiger partial charge in [0.2, 0.25) is 11.8 Å². The Morgan fingerprint density at radius 2 is 1.59 bits per heavy atom. The van der Waals surface area contributed by atoms with Crippen LogP contribution in [0.3, 0.4) is 0 Å². The molecule has 1 heterocycles. The summed E-state index contributed by atoms with van der Waals surface area (Å²) in [5, 5.41) is 0.495. The third-order valence-electron chi connectivity index (χ3n) is 5.15. The minimum atomic E-state index is -0.196. The van der Waals surface area contributed by atoms with E-state index in [1.54, 1.807) is 18.2 Å². The summed E-state index contributed by atoms with van der Waals surface area (Å²) in [5.41, 5.74) is 0.564. The van der Waals surface area contributed by atoms with Crippen LogP contribution in [0.4, 0.5) is 5.69 Å². The zero-order valence-corrected chi connectivity index (χ0v) is 16.7. The van der Waals surface area contributed by atoms with Crippen molar-refractivity contribution in [1.29, 1.82) is 0 Å². The quantitative estimate of drug-likeness (QED) is 0.414. The fourth-order valence-corrected chi connectivity index (χ4v) is 6.52. The van der Waals surface area contributed by atoms with Gasteiger partial charge in [-0.2, -0.15) is 0 Å². The van der Waals surface area contributed by atoms with E-state index in [2.05, 4.69) is 47.8 Å². The number of fused-ring (bicyclic) bond motifs is 5. The molecule has 3 nitrogen and oxygen atoms in total. The summed E-state index contributed by atoms with van der Waals surface area (Å²) in [6, 6.07) is 5.19. The van der Waals surface area contributed by atoms with Gasteiger partial charge in [-0.15, -0.1) is 0 Å². The van der Waals surface area contributed by atoms with Gasteiger partial charge >= 0.3 is 0 Å². The molecule has 1 aromatic carbocycles. The van der Waals surface area contributed by atoms with E-state index in [1.807, 2.05) is 0 Å². The van der Waals surface area contributed by atoms with Gasteiger partial charge in [-0.05, 0) is 52.4 Å². The SMILES string of the molecule is O=C1[C@H]2[C@@H]3C[C@@H]([C@@H](Br)[C@H]3Br)[C@@H]2C(=O)N1c1ccc(Br)c(Cl)c1. The molecule has 0 unspecified atom stereocenters. The highest BCUT2D eigenvalue weighted by atomic mass is 79.9. The van der Waals surface area contributed by atoms with Gasteiger partial charge in [0.15, 0.2) is 0 Å². The van der Waals surface area contributed by atoms with Crippen molar-refractivity contribution in [2.45, 2.75) is 16.1 Å². The molecule has 1 saturated heterocycles. The lowest BCUT2D eigenvalue weighted by atomic mass is 9.81. The first-order chi connectivity index (χ1) is 10.4. The van der Waals surface area contributed by atoms with Crippen molar-refractivity contribution in [3.05, 3.63) is 27.7 Å². The van der Waals surface area contributed by atoms with E-state index >= 15 is 0 Å². The third-order valence-corrected chi connectivity index (χ3v) is 9.59. The molecule has 4 rings (SSSR count). The number of carbonyl (C=O) groups is 2. The van der Waals surface area contributed by atoms with Crippen molar-refractivity contribution in [3.63, 3.8) is 0 Å². The zero-order valence-electron chi connectivity index (χ0n) is 11.2. The highest BCUT2D eigenvalue weighted by molar-refractivity contribution is 9.12. The van der Waals surface area contributed by atoms with Gasteiger partial charge in [0.25, 0.3) is 0 Å². The Labute approximate surface area is 158 Å². The van der Waals surface area contributed by atoms with Gasteiger partial charge in [0, 0.05) is 14.1 Å². The molecule has 2 saturated carbocycles. The second-order valence-corrected chi connectivity index (χ2v) is 9.49. The smallest absolute Gasteiger partial charge is 0.238 e. The molecule has 3 fully saturated rings. The molecule has 0 N–H and O–H groups in total. The van der Waals surface area contributed by atoms with Gasteiger partial charge in [-0.25, -0.2) is 4.90 Å². The van der Waals surface area contributed by atoms with E-state index in [0.717, 1.165) is 10.9 Å². The van der Waals surface area contributed by atoms with E-state index in [1.165, 1.54) is 4.90 Å². The number of alkyl halides is 2. The van der Waals surface area contributed by atoms with E-state index in [0.29, 0.717) is 10.7 Å². The van der Waals surface area contributed by atoms with Crippen LogP contribution in [-0.2, 0) is 9.59 Å². The molecule has 7 heteroatoms. The molecule has 22 heavy (non-hydrogen) atoms. The molecule has 0 radical (unpaired) electrons. The average Bonchev–Trinajstić information content (AvgIpc) is 3.08. The van der Waals surface area contributed by atoms with Gasteiger partial charge in [-0.1, -0.05) is 43.5 Å². The Morgan fingerprint density at radius 1 is 1.05 bits per heavy atom. The predicted molar refractivity (Wildman–Crippen MR) is 95.7 cm³/mol. The molecule has 2 amide bonds. The Bertz CT molecular complexity index is 665. The van der Waals surface area contributed by atoms with Crippen LogP contribution in [0.25, 0.3) is 0 Å². The molecule has 6 atom stereocenters. The van der Waals surface area contributed by atoms with Crippen molar-refractivity contribution in [1.82, 2.24) is 0 Å². The molecule has 3 aliphatic rings. The van der Waals surface area contributed by atoms with Crippen LogP contribution in [0, 0.1) is 23.7 Å². The van der Waals surface area contributed by atoms with E-state index in [-0.39, 0.29) is 45.1 Å². The Morgan fingerprint density at radius 3 is 2.09 bits per heavy atom. The Kier molecular flexibility index (Phi) is 3.76. The number of amides is 2. The van der Waals surface area contributed by atoms with Crippen LogP contribution in [0.15, 0.2) is 22.7 Å². The van der Waals surface area contributed by atoms with Gasteiger partial charge in [-0.3, -0.25) is 9.59 Å². The highest BCUT2D eigenvalue weighted by Gasteiger charge is 2.66. The molecular weight excluding hydrogens is 501 g/mol. The molecule has 1 aliphatic heterocycles. The lowest BCUT2D eigenvalue weighted by molar-refractivity contribution is -0.123. The van der Waals surface area contributed by atoms with Crippen LogP contribution in [0.5, 0.6) is 0 Å². The number of benzene rings is 1. The number of hydrogen-bond donors (Lipinski definition) is 0. The summed E-state index contributed by atoms with van der Waals surface area (Å²) in [6.45, 7) is 0. The minimum Gasteiger partial charge on any atom is -0.274 e. The van der Waals surface area contributed by atoms with Gasteiger partial charge < -0.3 is 0 Å². The number of halogens is 4. The van der Waals surface area contributed by atoms with Crippen molar-refractivity contribution in [2.75, 3.05) is 4.90 Å². The number of imide groups is 1. The summed E-state index contributed by atoms with van der Waals surface area (Å²) in [5.74, 6) is -0.0934.